The summed E-state index contributed by atoms with van der Waals surface area (Å²) in [4.78, 5) is 29.4. The van der Waals surface area contributed by atoms with Gasteiger partial charge in [0, 0.05) is 30.6 Å². The predicted molar refractivity (Wildman–Crippen MR) is 80.6 cm³/mol. The second kappa shape index (κ2) is 6.20. The Morgan fingerprint density at radius 2 is 2.26 bits per heavy atom. The van der Waals surface area contributed by atoms with Crippen molar-refractivity contribution in [3.8, 4) is 11.3 Å². The van der Waals surface area contributed by atoms with Crippen LogP contribution in [0, 0.1) is 5.92 Å². The standard InChI is InChI=1S/C16H17N3O4/c1-10-4-6-19(13(7-10)16(21)22)15(20)12-8-14(23-18-12)11-3-2-5-17-9-11/h2-3,5,8-10,13H,4,6-7H2,1H3,(H,21,22). The average molecular weight is 315 g/mol. The van der Waals surface area contributed by atoms with E-state index in [0.29, 0.717) is 24.3 Å². The first kappa shape index (κ1) is 15.2. The van der Waals surface area contributed by atoms with Gasteiger partial charge in [-0.05, 0) is 30.9 Å². The van der Waals surface area contributed by atoms with Gasteiger partial charge in [0.2, 0.25) is 0 Å². The van der Waals surface area contributed by atoms with Crippen molar-refractivity contribution in [1.29, 1.82) is 0 Å². The summed E-state index contributed by atoms with van der Waals surface area (Å²) in [6, 6.07) is 4.26. The number of hydrogen-bond donors (Lipinski definition) is 1. The minimum absolute atomic E-state index is 0.115. The maximum atomic E-state index is 12.6. The number of carboxylic acids is 1. The highest BCUT2D eigenvalue weighted by molar-refractivity contribution is 5.95. The lowest BCUT2D eigenvalue weighted by Gasteiger charge is -2.35. The molecule has 7 heteroatoms. The second-order valence-corrected chi connectivity index (χ2v) is 5.80. The number of carbonyl (C=O) groups excluding carboxylic acids is 1. The molecule has 3 heterocycles. The SMILES string of the molecule is CC1CCN(C(=O)c2cc(-c3cccnc3)on2)C(C(=O)O)C1. The Morgan fingerprint density at radius 1 is 1.43 bits per heavy atom. The molecule has 1 fully saturated rings. The number of hydrogen-bond acceptors (Lipinski definition) is 5. The highest BCUT2D eigenvalue weighted by Crippen LogP contribution is 2.26. The van der Waals surface area contributed by atoms with Gasteiger partial charge in [0.05, 0.1) is 0 Å². The zero-order valence-corrected chi connectivity index (χ0v) is 12.7. The molecule has 3 rings (SSSR count). The fraction of sp³-hybridized carbons (Fsp3) is 0.375. The maximum absolute atomic E-state index is 12.6. The van der Waals surface area contributed by atoms with Crippen LogP contribution in [0.1, 0.15) is 30.3 Å². The Morgan fingerprint density at radius 3 is 2.96 bits per heavy atom. The predicted octanol–water partition coefficient (Wildman–Crippen LogP) is 2.06. The lowest BCUT2D eigenvalue weighted by atomic mass is 9.92. The van der Waals surface area contributed by atoms with Crippen LogP contribution in [0.5, 0.6) is 0 Å². The van der Waals surface area contributed by atoms with Crippen LogP contribution < -0.4 is 0 Å². The molecule has 0 bridgehead atoms. The number of carbonyl (C=O) groups is 2. The minimum Gasteiger partial charge on any atom is -0.480 e. The number of piperidine rings is 1. The van der Waals surface area contributed by atoms with Gasteiger partial charge in [0.25, 0.3) is 5.91 Å². The van der Waals surface area contributed by atoms with E-state index in [1.165, 1.54) is 11.0 Å². The van der Waals surface area contributed by atoms with Crippen molar-refractivity contribution >= 4 is 11.9 Å². The zero-order chi connectivity index (χ0) is 16.4. The summed E-state index contributed by atoms with van der Waals surface area (Å²) >= 11 is 0. The van der Waals surface area contributed by atoms with Crippen molar-refractivity contribution in [1.82, 2.24) is 15.0 Å². The van der Waals surface area contributed by atoms with Gasteiger partial charge in [0.15, 0.2) is 11.5 Å². The third-order valence-corrected chi connectivity index (χ3v) is 4.09. The largest absolute Gasteiger partial charge is 0.480 e. The van der Waals surface area contributed by atoms with Crippen molar-refractivity contribution in [2.45, 2.75) is 25.8 Å². The van der Waals surface area contributed by atoms with Gasteiger partial charge in [-0.2, -0.15) is 0 Å². The molecule has 0 spiro atoms. The van der Waals surface area contributed by atoms with Crippen molar-refractivity contribution < 1.29 is 19.2 Å². The number of amides is 1. The zero-order valence-electron chi connectivity index (χ0n) is 12.7. The number of rotatable bonds is 3. The average Bonchev–Trinajstić information content (AvgIpc) is 3.05. The molecule has 1 N–H and O–H groups in total. The molecule has 2 aromatic heterocycles. The van der Waals surface area contributed by atoms with Crippen molar-refractivity contribution in [3.05, 3.63) is 36.3 Å². The lowest BCUT2D eigenvalue weighted by molar-refractivity contribution is -0.144. The van der Waals surface area contributed by atoms with E-state index in [1.807, 2.05) is 6.92 Å². The van der Waals surface area contributed by atoms with E-state index in [4.69, 9.17) is 4.52 Å². The summed E-state index contributed by atoms with van der Waals surface area (Å²) in [5.41, 5.74) is 0.825. The van der Waals surface area contributed by atoms with Gasteiger partial charge in [-0.15, -0.1) is 0 Å². The third-order valence-electron chi connectivity index (χ3n) is 4.09. The highest BCUT2D eigenvalue weighted by atomic mass is 16.5. The molecule has 1 aliphatic heterocycles. The van der Waals surface area contributed by atoms with Gasteiger partial charge in [-0.25, -0.2) is 4.79 Å². The number of pyridine rings is 1. The van der Waals surface area contributed by atoms with Gasteiger partial charge in [-0.1, -0.05) is 12.1 Å². The Kier molecular flexibility index (Phi) is 4.10. The van der Waals surface area contributed by atoms with Crippen LogP contribution in [0.25, 0.3) is 11.3 Å². The van der Waals surface area contributed by atoms with Crippen molar-refractivity contribution in [2.75, 3.05) is 6.54 Å². The van der Waals surface area contributed by atoms with E-state index >= 15 is 0 Å². The topological polar surface area (TPSA) is 96.5 Å². The molecular weight excluding hydrogens is 298 g/mol. The first-order valence-electron chi connectivity index (χ1n) is 7.47. The van der Waals surface area contributed by atoms with E-state index in [-0.39, 0.29) is 11.6 Å². The van der Waals surface area contributed by atoms with E-state index in [2.05, 4.69) is 10.1 Å². The number of nitrogens with zero attached hydrogens (tertiary/aromatic N) is 3. The van der Waals surface area contributed by atoms with Crippen molar-refractivity contribution in [3.63, 3.8) is 0 Å². The first-order chi connectivity index (χ1) is 11.1. The minimum atomic E-state index is -0.985. The number of likely N-dealkylation sites (tertiary alicyclic amines) is 1. The molecule has 1 amide bonds. The first-order valence-corrected chi connectivity index (χ1v) is 7.47. The van der Waals surface area contributed by atoms with Crippen LogP contribution in [-0.4, -0.2) is 44.6 Å². The van der Waals surface area contributed by atoms with Crippen LogP contribution in [0.4, 0.5) is 0 Å². The van der Waals surface area contributed by atoms with E-state index < -0.39 is 17.9 Å². The summed E-state index contributed by atoms with van der Waals surface area (Å²) in [5, 5.41) is 13.2. The van der Waals surface area contributed by atoms with E-state index in [1.54, 1.807) is 24.5 Å². The molecule has 1 saturated heterocycles. The molecule has 0 radical (unpaired) electrons. The monoisotopic (exact) mass is 315 g/mol. The molecular formula is C16H17N3O4. The van der Waals surface area contributed by atoms with Crippen molar-refractivity contribution in [2.24, 2.45) is 5.92 Å². The summed E-state index contributed by atoms with van der Waals surface area (Å²) < 4.78 is 5.19. The molecule has 0 aliphatic carbocycles. The Balaban J connectivity index is 1.83. The Labute approximate surface area is 132 Å². The summed E-state index contributed by atoms with van der Waals surface area (Å²) in [6.07, 6.45) is 4.48. The fourth-order valence-electron chi connectivity index (χ4n) is 2.79. The van der Waals surface area contributed by atoms with Crippen LogP contribution in [-0.2, 0) is 4.79 Å². The number of aliphatic carboxylic acids is 1. The number of carboxylic acid groups (broad SMARTS) is 1. The van der Waals surface area contributed by atoms with E-state index in [0.717, 1.165) is 6.42 Å². The fourth-order valence-corrected chi connectivity index (χ4v) is 2.79. The van der Waals surface area contributed by atoms with Gasteiger partial charge in [-0.3, -0.25) is 9.78 Å². The van der Waals surface area contributed by atoms with Crippen LogP contribution >= 0.6 is 0 Å². The molecule has 2 aromatic rings. The number of aromatic nitrogens is 2. The molecule has 23 heavy (non-hydrogen) atoms. The maximum Gasteiger partial charge on any atom is 0.326 e. The van der Waals surface area contributed by atoms with E-state index in [9.17, 15) is 14.7 Å². The van der Waals surface area contributed by atoms with Gasteiger partial charge in [0.1, 0.15) is 6.04 Å². The molecule has 2 unspecified atom stereocenters. The normalized spacial score (nSPS) is 21.2. The molecule has 7 nitrogen and oxygen atoms in total. The smallest absolute Gasteiger partial charge is 0.326 e. The molecule has 0 aromatic carbocycles. The lowest BCUT2D eigenvalue weighted by Crippen LogP contribution is -2.49. The summed E-state index contributed by atoms with van der Waals surface area (Å²) in [7, 11) is 0. The Bertz CT molecular complexity index is 713. The van der Waals surface area contributed by atoms with Crippen LogP contribution in [0.3, 0.4) is 0 Å². The summed E-state index contributed by atoms with van der Waals surface area (Å²) in [5.74, 6) is -0.689. The Hall–Kier alpha value is -2.70. The van der Waals surface area contributed by atoms with Crippen LogP contribution in [0.15, 0.2) is 35.1 Å². The van der Waals surface area contributed by atoms with Gasteiger partial charge < -0.3 is 14.5 Å². The summed E-state index contributed by atoms with van der Waals surface area (Å²) in [6.45, 7) is 2.40. The quantitative estimate of drug-likeness (QED) is 0.931. The molecule has 120 valence electrons. The molecule has 2 atom stereocenters. The molecule has 1 aliphatic rings. The molecule has 0 saturated carbocycles. The second-order valence-electron chi connectivity index (χ2n) is 5.80. The van der Waals surface area contributed by atoms with Crippen LogP contribution in [0.2, 0.25) is 0 Å². The van der Waals surface area contributed by atoms with Gasteiger partial charge >= 0.3 is 5.97 Å². The highest BCUT2D eigenvalue weighted by Gasteiger charge is 2.36. The third kappa shape index (κ3) is 3.08.